The minimum absolute atomic E-state index is 0.630. The van der Waals surface area contributed by atoms with Gasteiger partial charge in [0.05, 0.1) is 0 Å². The number of nitrogens with one attached hydrogen (secondary N) is 1. The van der Waals surface area contributed by atoms with Crippen molar-refractivity contribution >= 4 is 0 Å². The summed E-state index contributed by atoms with van der Waals surface area (Å²) in [6, 6.07) is 0.771. The average molecular weight is 225 g/mol. The van der Waals surface area contributed by atoms with Crippen LogP contribution in [0.5, 0.6) is 0 Å². The zero-order valence-electron chi connectivity index (χ0n) is 11.8. The summed E-state index contributed by atoms with van der Waals surface area (Å²) in [6.07, 6.45) is 9.94. The van der Waals surface area contributed by atoms with Crippen LogP contribution in [-0.4, -0.2) is 12.6 Å². The lowest BCUT2D eigenvalue weighted by molar-refractivity contribution is 0.172. The van der Waals surface area contributed by atoms with E-state index in [0.717, 1.165) is 18.5 Å². The van der Waals surface area contributed by atoms with Crippen molar-refractivity contribution in [3.63, 3.8) is 0 Å². The van der Waals surface area contributed by atoms with E-state index in [-0.39, 0.29) is 0 Å². The van der Waals surface area contributed by atoms with Crippen LogP contribution in [0.2, 0.25) is 0 Å². The first-order chi connectivity index (χ1) is 7.64. The van der Waals surface area contributed by atoms with Crippen LogP contribution in [0.25, 0.3) is 0 Å². The van der Waals surface area contributed by atoms with Crippen LogP contribution in [-0.2, 0) is 0 Å². The van der Waals surface area contributed by atoms with Gasteiger partial charge in [0.2, 0.25) is 0 Å². The average Bonchev–Trinajstić information content (AvgIpc) is 2.73. The van der Waals surface area contributed by atoms with Crippen LogP contribution in [0.3, 0.4) is 0 Å². The molecule has 0 spiro atoms. The van der Waals surface area contributed by atoms with Gasteiger partial charge in [-0.2, -0.15) is 0 Å². The van der Waals surface area contributed by atoms with Crippen molar-refractivity contribution in [2.75, 3.05) is 6.54 Å². The van der Waals surface area contributed by atoms with E-state index in [2.05, 4.69) is 33.0 Å². The number of rotatable bonds is 7. The van der Waals surface area contributed by atoms with Gasteiger partial charge in [-0.15, -0.1) is 0 Å². The molecule has 96 valence electrons. The summed E-state index contributed by atoms with van der Waals surface area (Å²) >= 11 is 0. The molecule has 0 aromatic carbocycles. The summed E-state index contributed by atoms with van der Waals surface area (Å²) in [4.78, 5) is 0. The van der Waals surface area contributed by atoms with Gasteiger partial charge in [-0.3, -0.25) is 0 Å². The summed E-state index contributed by atoms with van der Waals surface area (Å²) in [7, 11) is 0. The summed E-state index contributed by atoms with van der Waals surface area (Å²) in [6.45, 7) is 10.5. The van der Waals surface area contributed by atoms with Crippen molar-refractivity contribution in [3.8, 4) is 0 Å². The molecule has 0 bridgehead atoms. The predicted octanol–water partition coefficient (Wildman–Crippen LogP) is 4.37. The highest BCUT2D eigenvalue weighted by Gasteiger charge is 2.38. The maximum absolute atomic E-state index is 3.77. The van der Waals surface area contributed by atoms with E-state index in [1.807, 2.05) is 0 Å². The van der Waals surface area contributed by atoms with Crippen LogP contribution >= 0.6 is 0 Å². The van der Waals surface area contributed by atoms with Gasteiger partial charge in [0, 0.05) is 6.04 Å². The normalized spacial score (nSPS) is 21.6. The van der Waals surface area contributed by atoms with E-state index in [9.17, 15) is 0 Å². The second-order valence-electron chi connectivity index (χ2n) is 6.00. The zero-order chi connectivity index (χ0) is 12.0. The van der Waals surface area contributed by atoms with E-state index < -0.39 is 0 Å². The SMILES string of the molecule is CCNC(CCC(C)C)C1(CC)CCCC1. The molecule has 0 radical (unpaired) electrons. The molecule has 1 atom stereocenters. The lowest BCUT2D eigenvalue weighted by atomic mass is 9.74. The molecule has 1 heteroatoms. The molecule has 1 nitrogen and oxygen atoms in total. The first-order valence-electron chi connectivity index (χ1n) is 7.38. The van der Waals surface area contributed by atoms with Gasteiger partial charge in [0.15, 0.2) is 0 Å². The standard InChI is InChI=1S/C15H31N/c1-5-15(11-7-8-12-15)14(16-6-2)10-9-13(3)4/h13-14,16H,5-12H2,1-4H3. The van der Waals surface area contributed by atoms with Crippen LogP contribution in [0.15, 0.2) is 0 Å². The van der Waals surface area contributed by atoms with Crippen molar-refractivity contribution in [1.29, 1.82) is 0 Å². The highest BCUT2D eigenvalue weighted by molar-refractivity contribution is 4.93. The van der Waals surface area contributed by atoms with Crippen LogP contribution in [0.4, 0.5) is 0 Å². The third-order valence-corrected chi connectivity index (χ3v) is 4.53. The Kier molecular flexibility index (Phi) is 5.82. The van der Waals surface area contributed by atoms with Gasteiger partial charge >= 0.3 is 0 Å². The third-order valence-electron chi connectivity index (χ3n) is 4.53. The Hall–Kier alpha value is -0.0400. The Bertz CT molecular complexity index is 180. The highest BCUT2D eigenvalue weighted by atomic mass is 14.9. The smallest absolute Gasteiger partial charge is 0.0123 e. The molecule has 1 aliphatic rings. The second-order valence-corrected chi connectivity index (χ2v) is 6.00. The van der Waals surface area contributed by atoms with Crippen molar-refractivity contribution < 1.29 is 0 Å². The fourth-order valence-electron chi connectivity index (χ4n) is 3.40. The molecule has 1 saturated carbocycles. The quantitative estimate of drug-likeness (QED) is 0.678. The van der Waals surface area contributed by atoms with Gasteiger partial charge in [-0.05, 0) is 50.0 Å². The monoisotopic (exact) mass is 225 g/mol. The Balaban J connectivity index is 2.58. The molecular weight excluding hydrogens is 194 g/mol. The molecule has 0 aromatic heterocycles. The lowest BCUT2D eigenvalue weighted by Gasteiger charge is -2.38. The van der Waals surface area contributed by atoms with Crippen molar-refractivity contribution in [2.45, 2.75) is 78.7 Å². The predicted molar refractivity (Wildman–Crippen MR) is 72.7 cm³/mol. The number of hydrogen-bond donors (Lipinski definition) is 1. The molecule has 0 saturated heterocycles. The summed E-state index contributed by atoms with van der Waals surface area (Å²) in [5.41, 5.74) is 0.630. The maximum Gasteiger partial charge on any atom is 0.0123 e. The van der Waals surface area contributed by atoms with Gasteiger partial charge in [0.1, 0.15) is 0 Å². The van der Waals surface area contributed by atoms with Gasteiger partial charge in [-0.1, -0.05) is 40.5 Å². The molecule has 1 rings (SSSR count). The minimum atomic E-state index is 0.630. The molecule has 0 aliphatic heterocycles. The summed E-state index contributed by atoms with van der Waals surface area (Å²) < 4.78 is 0. The highest BCUT2D eigenvalue weighted by Crippen LogP contribution is 2.45. The minimum Gasteiger partial charge on any atom is -0.314 e. The molecule has 1 aliphatic carbocycles. The Labute approximate surface area is 102 Å². The molecule has 16 heavy (non-hydrogen) atoms. The van der Waals surface area contributed by atoms with E-state index >= 15 is 0 Å². The van der Waals surface area contributed by atoms with E-state index in [4.69, 9.17) is 0 Å². The van der Waals surface area contributed by atoms with Crippen molar-refractivity contribution in [3.05, 3.63) is 0 Å². The van der Waals surface area contributed by atoms with Crippen molar-refractivity contribution in [1.82, 2.24) is 5.32 Å². The largest absolute Gasteiger partial charge is 0.314 e. The molecular formula is C15H31N. The number of hydrogen-bond acceptors (Lipinski definition) is 1. The zero-order valence-corrected chi connectivity index (χ0v) is 11.8. The van der Waals surface area contributed by atoms with Crippen LogP contribution < -0.4 is 5.32 Å². The molecule has 0 heterocycles. The maximum atomic E-state index is 3.77. The lowest BCUT2D eigenvalue weighted by Crippen LogP contribution is -2.43. The van der Waals surface area contributed by atoms with Crippen LogP contribution in [0, 0.1) is 11.3 Å². The molecule has 1 N–H and O–H groups in total. The fraction of sp³-hybridized carbons (Fsp3) is 1.00. The van der Waals surface area contributed by atoms with E-state index in [0.29, 0.717) is 5.41 Å². The van der Waals surface area contributed by atoms with Crippen LogP contribution in [0.1, 0.15) is 72.6 Å². The fourth-order valence-corrected chi connectivity index (χ4v) is 3.40. The van der Waals surface area contributed by atoms with Gasteiger partial charge in [0.25, 0.3) is 0 Å². The van der Waals surface area contributed by atoms with Gasteiger partial charge in [-0.25, -0.2) is 0 Å². The molecule has 0 aromatic rings. The van der Waals surface area contributed by atoms with E-state index in [1.54, 1.807) is 0 Å². The Morgan fingerprint density at radius 1 is 1.06 bits per heavy atom. The summed E-state index contributed by atoms with van der Waals surface area (Å²) in [5.74, 6) is 0.844. The van der Waals surface area contributed by atoms with Gasteiger partial charge < -0.3 is 5.32 Å². The Morgan fingerprint density at radius 2 is 1.69 bits per heavy atom. The molecule has 0 amide bonds. The Morgan fingerprint density at radius 3 is 2.12 bits per heavy atom. The third kappa shape index (κ3) is 3.48. The summed E-state index contributed by atoms with van der Waals surface area (Å²) in [5, 5.41) is 3.77. The molecule has 1 unspecified atom stereocenters. The first-order valence-corrected chi connectivity index (χ1v) is 7.38. The topological polar surface area (TPSA) is 12.0 Å². The molecule has 1 fully saturated rings. The van der Waals surface area contributed by atoms with Crippen molar-refractivity contribution in [2.24, 2.45) is 11.3 Å². The van der Waals surface area contributed by atoms with E-state index in [1.165, 1.54) is 44.9 Å². The first kappa shape index (κ1) is 14.0. The second kappa shape index (κ2) is 6.64.